The molecular formula is C26H45NO4. The molecule has 0 aliphatic carbocycles. The lowest BCUT2D eigenvalue weighted by Gasteiger charge is -2.06. The average Bonchev–Trinajstić information content (AvgIpc) is 2.76. The Hall–Kier alpha value is -1.85. The highest BCUT2D eigenvalue weighted by molar-refractivity contribution is 5.66. The molecule has 0 amide bonds. The molecule has 1 rings (SSSR count). The van der Waals surface area contributed by atoms with Crippen LogP contribution >= 0.6 is 0 Å². The van der Waals surface area contributed by atoms with Crippen LogP contribution in [0.3, 0.4) is 0 Å². The minimum Gasteiger partial charge on any atom is -0.508 e. The van der Waals surface area contributed by atoms with E-state index in [9.17, 15) is 9.90 Å². The molecular weight excluding hydrogens is 390 g/mol. The number of aliphatic hydroxyl groups excluding tert-OH is 1. The Bertz CT molecular complexity index is 574. The number of hydrogen-bond acceptors (Lipinski definition) is 4. The third kappa shape index (κ3) is 19.8. The molecule has 178 valence electrons. The zero-order valence-electron chi connectivity index (χ0n) is 19.5. The molecule has 31 heavy (non-hydrogen) atoms. The normalized spacial score (nSPS) is 11.8. The van der Waals surface area contributed by atoms with Crippen molar-refractivity contribution in [3.8, 4) is 5.75 Å². The Balaban J connectivity index is 0.000000683. The van der Waals surface area contributed by atoms with Gasteiger partial charge in [-0.3, -0.25) is 4.79 Å². The predicted molar refractivity (Wildman–Crippen MR) is 129 cm³/mol. The Morgan fingerprint density at radius 1 is 0.935 bits per heavy atom. The highest BCUT2D eigenvalue weighted by Gasteiger charge is 2.04. The number of phenols is 1. The number of aliphatic hydroxyl groups is 1. The van der Waals surface area contributed by atoms with Gasteiger partial charge in [0, 0.05) is 13.0 Å². The van der Waals surface area contributed by atoms with E-state index in [0.29, 0.717) is 12.0 Å². The van der Waals surface area contributed by atoms with Gasteiger partial charge in [0.05, 0.1) is 6.10 Å². The molecule has 1 unspecified atom stereocenters. The maximum Gasteiger partial charge on any atom is 0.303 e. The summed E-state index contributed by atoms with van der Waals surface area (Å²) in [6.45, 7) is 2.43. The Morgan fingerprint density at radius 3 is 2.00 bits per heavy atom. The highest BCUT2D eigenvalue weighted by Crippen LogP contribution is 2.16. The van der Waals surface area contributed by atoms with E-state index in [1.54, 1.807) is 18.2 Å². The highest BCUT2D eigenvalue weighted by atomic mass is 16.4. The van der Waals surface area contributed by atoms with Gasteiger partial charge in [-0.05, 0) is 49.8 Å². The van der Waals surface area contributed by atoms with Crippen molar-refractivity contribution in [1.29, 1.82) is 0 Å². The zero-order valence-corrected chi connectivity index (χ0v) is 19.5. The molecule has 5 heteroatoms. The first-order valence-corrected chi connectivity index (χ1v) is 12.0. The van der Waals surface area contributed by atoms with Gasteiger partial charge in [0.2, 0.25) is 0 Å². The van der Waals surface area contributed by atoms with E-state index < -0.39 is 12.1 Å². The van der Waals surface area contributed by atoms with Crippen molar-refractivity contribution in [1.82, 2.24) is 0 Å². The molecule has 0 radical (unpaired) electrons. The Labute approximate surface area is 189 Å². The second-order valence-electron chi connectivity index (χ2n) is 8.07. The number of phenolic OH excluding ortho intramolecular Hbond substituents is 1. The standard InChI is InChI=1S/C18H34O2.C8H11NO2/c1-2-3-4-5-6-7-8-9-10-11-12-13-14-15-16-17-18(19)20;9-5-8(11)6-2-1-3-7(10)4-6/h9-10H,2-8,11-17H2,1H3,(H,19,20);1-4,8,10-11H,5,9H2/b10-9-;. The number of carbonyl (C=O) groups is 1. The molecule has 1 atom stereocenters. The minimum absolute atomic E-state index is 0.148. The van der Waals surface area contributed by atoms with Crippen LogP contribution < -0.4 is 5.73 Å². The van der Waals surface area contributed by atoms with Gasteiger partial charge in [-0.15, -0.1) is 0 Å². The number of rotatable bonds is 17. The molecule has 5 N–H and O–H groups in total. The molecule has 0 saturated heterocycles. The number of unbranched alkanes of at least 4 members (excludes halogenated alkanes) is 11. The molecule has 1 aromatic rings. The van der Waals surface area contributed by atoms with Gasteiger partial charge in [0.25, 0.3) is 0 Å². The first-order valence-electron chi connectivity index (χ1n) is 12.0. The summed E-state index contributed by atoms with van der Waals surface area (Å²) in [4.78, 5) is 10.3. The molecule has 1 aromatic carbocycles. The van der Waals surface area contributed by atoms with E-state index in [2.05, 4.69) is 19.1 Å². The predicted octanol–water partition coefficient (Wildman–Crippen LogP) is 6.49. The second-order valence-corrected chi connectivity index (χ2v) is 8.07. The first-order chi connectivity index (χ1) is 15.0. The van der Waals surface area contributed by atoms with Gasteiger partial charge in [-0.2, -0.15) is 0 Å². The van der Waals surface area contributed by atoms with E-state index >= 15 is 0 Å². The fourth-order valence-electron chi connectivity index (χ4n) is 3.22. The van der Waals surface area contributed by atoms with Crippen LogP contribution in [-0.2, 0) is 4.79 Å². The number of hydrogen-bond donors (Lipinski definition) is 4. The Morgan fingerprint density at radius 2 is 1.48 bits per heavy atom. The van der Waals surface area contributed by atoms with Crippen LogP contribution in [0.1, 0.15) is 108 Å². The van der Waals surface area contributed by atoms with Crippen LogP contribution in [0.25, 0.3) is 0 Å². The number of benzene rings is 1. The molecule has 0 aromatic heterocycles. The van der Waals surface area contributed by atoms with Crippen LogP contribution in [0.15, 0.2) is 36.4 Å². The Kier molecular flexibility index (Phi) is 20.1. The zero-order chi connectivity index (χ0) is 23.2. The number of aliphatic carboxylic acids is 1. The van der Waals surface area contributed by atoms with Gasteiger partial charge in [-0.25, -0.2) is 0 Å². The third-order valence-electron chi connectivity index (χ3n) is 5.13. The topological polar surface area (TPSA) is 104 Å². The lowest BCUT2D eigenvalue weighted by atomic mass is 10.1. The number of allylic oxidation sites excluding steroid dienone is 2. The van der Waals surface area contributed by atoms with Crippen LogP contribution in [0, 0.1) is 0 Å². The molecule has 0 aliphatic rings. The van der Waals surface area contributed by atoms with Crippen molar-refractivity contribution in [2.24, 2.45) is 5.73 Å². The summed E-state index contributed by atoms with van der Waals surface area (Å²) in [6, 6.07) is 6.44. The minimum atomic E-state index is -0.679. The number of carboxylic acids is 1. The SMILES string of the molecule is CCCCCCCC/C=C\CCCCCCCC(=O)O.NCC(O)c1cccc(O)c1. The largest absolute Gasteiger partial charge is 0.508 e. The van der Waals surface area contributed by atoms with Crippen LogP contribution in [-0.4, -0.2) is 27.8 Å². The molecule has 0 aliphatic heterocycles. The van der Waals surface area contributed by atoms with Crippen molar-refractivity contribution in [3.63, 3.8) is 0 Å². The van der Waals surface area contributed by atoms with Gasteiger partial charge >= 0.3 is 5.97 Å². The van der Waals surface area contributed by atoms with E-state index in [1.807, 2.05) is 0 Å². The summed E-state index contributed by atoms with van der Waals surface area (Å²) in [6.07, 6.45) is 20.6. The smallest absolute Gasteiger partial charge is 0.303 e. The summed E-state index contributed by atoms with van der Waals surface area (Å²) >= 11 is 0. The van der Waals surface area contributed by atoms with Gasteiger partial charge < -0.3 is 21.1 Å². The van der Waals surface area contributed by atoms with Crippen molar-refractivity contribution in [3.05, 3.63) is 42.0 Å². The fraction of sp³-hybridized carbons (Fsp3) is 0.654. The van der Waals surface area contributed by atoms with Crippen molar-refractivity contribution in [2.45, 2.75) is 103 Å². The molecule has 0 heterocycles. The summed E-state index contributed by atoms with van der Waals surface area (Å²) in [5.74, 6) is -0.516. The van der Waals surface area contributed by atoms with E-state index in [4.69, 9.17) is 15.9 Å². The summed E-state index contributed by atoms with van der Waals surface area (Å²) in [5, 5.41) is 26.7. The van der Waals surface area contributed by atoms with Crippen molar-refractivity contribution >= 4 is 5.97 Å². The molecule has 0 spiro atoms. The third-order valence-corrected chi connectivity index (χ3v) is 5.13. The first kappa shape index (κ1) is 29.1. The van der Waals surface area contributed by atoms with E-state index in [-0.39, 0.29) is 12.3 Å². The monoisotopic (exact) mass is 435 g/mol. The summed E-state index contributed by atoms with van der Waals surface area (Å²) in [7, 11) is 0. The van der Waals surface area contributed by atoms with Crippen LogP contribution in [0.4, 0.5) is 0 Å². The van der Waals surface area contributed by atoms with Crippen molar-refractivity contribution in [2.75, 3.05) is 6.54 Å². The average molecular weight is 436 g/mol. The van der Waals surface area contributed by atoms with E-state index in [1.165, 1.54) is 76.7 Å². The van der Waals surface area contributed by atoms with Gasteiger partial charge in [0.1, 0.15) is 5.75 Å². The molecule has 0 bridgehead atoms. The number of carboxylic acid groups (broad SMARTS) is 1. The maximum atomic E-state index is 10.3. The number of aromatic hydroxyl groups is 1. The molecule has 0 fully saturated rings. The van der Waals surface area contributed by atoms with Crippen molar-refractivity contribution < 1.29 is 20.1 Å². The second kappa shape index (κ2) is 21.4. The van der Waals surface area contributed by atoms with Crippen LogP contribution in [0.5, 0.6) is 5.75 Å². The fourth-order valence-corrected chi connectivity index (χ4v) is 3.22. The quantitative estimate of drug-likeness (QED) is 0.165. The lowest BCUT2D eigenvalue weighted by molar-refractivity contribution is -0.137. The van der Waals surface area contributed by atoms with E-state index in [0.717, 1.165) is 12.8 Å². The molecule has 0 saturated carbocycles. The lowest BCUT2D eigenvalue weighted by Crippen LogP contribution is -2.11. The molecule has 5 nitrogen and oxygen atoms in total. The van der Waals surface area contributed by atoms with Gasteiger partial charge in [-0.1, -0.05) is 82.6 Å². The number of nitrogens with two attached hydrogens (primary N) is 1. The summed E-state index contributed by atoms with van der Waals surface area (Å²) < 4.78 is 0. The van der Waals surface area contributed by atoms with Gasteiger partial charge in [0.15, 0.2) is 0 Å². The van der Waals surface area contributed by atoms with Crippen LogP contribution in [0.2, 0.25) is 0 Å². The summed E-state index contributed by atoms with van der Waals surface area (Å²) in [5.41, 5.74) is 5.87. The maximum absolute atomic E-state index is 10.3.